The van der Waals surface area contributed by atoms with Gasteiger partial charge in [-0.15, -0.1) is 0 Å². The van der Waals surface area contributed by atoms with Gasteiger partial charge in [0.1, 0.15) is 16.7 Å². The Kier molecular flexibility index (Phi) is 5.42. The highest BCUT2D eigenvalue weighted by Gasteiger charge is 2.32. The minimum atomic E-state index is -4.56. The highest BCUT2D eigenvalue weighted by atomic mass is 32.2. The van der Waals surface area contributed by atoms with E-state index in [1.807, 2.05) is 0 Å². The third kappa shape index (κ3) is 4.03. The lowest BCUT2D eigenvalue weighted by Crippen LogP contribution is -2.07. The lowest BCUT2D eigenvalue weighted by molar-refractivity contribution is -0.137. The van der Waals surface area contributed by atoms with Gasteiger partial charge >= 0.3 is 6.18 Å². The molecule has 2 aromatic carbocycles. The summed E-state index contributed by atoms with van der Waals surface area (Å²) in [4.78, 5) is 0.0324. The molecular weight excluding hydrogens is 339 g/mol. The van der Waals surface area contributed by atoms with Gasteiger partial charge in [0, 0.05) is 4.90 Å². The van der Waals surface area contributed by atoms with E-state index in [0.29, 0.717) is 10.6 Å². The highest BCUT2D eigenvalue weighted by Crippen LogP contribution is 2.33. The molecule has 1 unspecified atom stereocenters. The maximum Gasteiger partial charge on any atom is 0.416 e. The average Bonchev–Trinajstić information content (AvgIpc) is 2.58. The van der Waals surface area contributed by atoms with E-state index in [9.17, 15) is 22.6 Å². The maximum absolute atomic E-state index is 13.0. The lowest BCUT2D eigenvalue weighted by Gasteiger charge is -2.10. The normalized spacial score (nSPS) is 13.2. The van der Waals surface area contributed by atoms with Crippen molar-refractivity contribution in [3.8, 4) is 11.8 Å². The summed E-state index contributed by atoms with van der Waals surface area (Å²) in [5.41, 5.74) is -1.09. The molecule has 0 aromatic heterocycles. The molecule has 0 saturated heterocycles. The first-order valence-corrected chi connectivity index (χ1v) is 7.85. The van der Waals surface area contributed by atoms with Crippen LogP contribution in [-0.4, -0.2) is 11.3 Å². The van der Waals surface area contributed by atoms with Crippen LogP contribution in [0.3, 0.4) is 0 Å². The summed E-state index contributed by atoms with van der Waals surface area (Å²) < 4.78 is 56.4. The summed E-state index contributed by atoms with van der Waals surface area (Å²) in [6.45, 7) is 0. The van der Waals surface area contributed by atoms with Crippen molar-refractivity contribution in [2.45, 2.75) is 11.1 Å². The van der Waals surface area contributed by atoms with Crippen LogP contribution in [0.2, 0.25) is 0 Å². The van der Waals surface area contributed by atoms with E-state index in [0.717, 1.165) is 12.1 Å². The second-order valence-electron chi connectivity index (χ2n) is 4.65. The molecule has 7 heteroatoms. The Morgan fingerprint density at radius 1 is 1.17 bits per heavy atom. The number of ether oxygens (including phenoxy) is 1. The van der Waals surface area contributed by atoms with Crippen molar-refractivity contribution in [3.63, 3.8) is 0 Å². The standard InChI is InChI=1S/C17H12F3NO2S/c1-23-13-6-8-14(9-7-13)24(22)15(11-21)10-12-4-2-3-5-16(12)17(18,19)20/h2-10H,1H3/b15-10+. The van der Waals surface area contributed by atoms with Gasteiger partial charge in [0.2, 0.25) is 0 Å². The molecule has 0 N–H and O–H groups in total. The van der Waals surface area contributed by atoms with Crippen LogP contribution in [0.1, 0.15) is 11.1 Å². The second-order valence-corrected chi connectivity index (χ2v) is 6.10. The molecule has 0 bridgehead atoms. The summed E-state index contributed by atoms with van der Waals surface area (Å²) in [6, 6.07) is 12.7. The molecule has 2 aromatic rings. The predicted octanol–water partition coefficient (Wildman–Crippen LogP) is 4.39. The molecule has 0 heterocycles. The fourth-order valence-electron chi connectivity index (χ4n) is 1.98. The van der Waals surface area contributed by atoms with Gasteiger partial charge in [0.05, 0.1) is 23.5 Å². The molecule has 0 saturated carbocycles. The van der Waals surface area contributed by atoms with Crippen molar-refractivity contribution in [2.75, 3.05) is 7.11 Å². The molecule has 24 heavy (non-hydrogen) atoms. The van der Waals surface area contributed by atoms with E-state index in [4.69, 9.17) is 4.74 Å². The fourth-order valence-corrected chi connectivity index (χ4v) is 2.93. The fraction of sp³-hybridized carbons (Fsp3) is 0.118. The highest BCUT2D eigenvalue weighted by molar-refractivity contribution is 7.89. The van der Waals surface area contributed by atoms with Gasteiger partial charge < -0.3 is 4.74 Å². The third-order valence-electron chi connectivity index (χ3n) is 3.14. The van der Waals surface area contributed by atoms with Crippen LogP contribution >= 0.6 is 0 Å². The number of hydrogen-bond donors (Lipinski definition) is 0. The van der Waals surface area contributed by atoms with Gasteiger partial charge in [-0.05, 0) is 42.0 Å². The first kappa shape index (κ1) is 17.8. The summed E-state index contributed by atoms with van der Waals surface area (Å²) in [5, 5.41) is 9.20. The van der Waals surface area contributed by atoms with Gasteiger partial charge in [0.15, 0.2) is 0 Å². The van der Waals surface area contributed by atoms with Crippen LogP contribution < -0.4 is 4.74 Å². The number of allylic oxidation sites excluding steroid dienone is 1. The minimum Gasteiger partial charge on any atom is -0.497 e. The molecule has 1 atom stereocenters. The zero-order valence-corrected chi connectivity index (χ0v) is 13.3. The molecule has 0 radical (unpaired) electrons. The van der Waals surface area contributed by atoms with Crippen LogP contribution in [0.4, 0.5) is 13.2 Å². The van der Waals surface area contributed by atoms with Crippen molar-refractivity contribution in [1.29, 1.82) is 5.26 Å². The monoisotopic (exact) mass is 351 g/mol. The van der Waals surface area contributed by atoms with Crippen molar-refractivity contribution in [3.05, 3.63) is 64.6 Å². The van der Waals surface area contributed by atoms with Crippen molar-refractivity contribution in [1.82, 2.24) is 0 Å². The van der Waals surface area contributed by atoms with Crippen LogP contribution in [-0.2, 0) is 17.0 Å². The van der Waals surface area contributed by atoms with E-state index < -0.39 is 22.5 Å². The van der Waals surface area contributed by atoms with Gasteiger partial charge in [-0.25, -0.2) is 4.21 Å². The quantitative estimate of drug-likeness (QED) is 0.768. The Morgan fingerprint density at radius 2 is 1.79 bits per heavy atom. The molecule has 0 amide bonds. The summed E-state index contributed by atoms with van der Waals surface area (Å²) in [5.74, 6) is 0.542. The molecule has 0 aliphatic rings. The Bertz CT molecular complexity index is 821. The second kappa shape index (κ2) is 7.32. The Hall–Kier alpha value is -2.59. The van der Waals surface area contributed by atoms with Crippen LogP contribution in [0.15, 0.2) is 58.3 Å². The van der Waals surface area contributed by atoms with Gasteiger partial charge in [-0.3, -0.25) is 0 Å². The summed E-state index contributed by atoms with van der Waals surface area (Å²) in [6.07, 6.45) is -3.56. The molecule has 3 nitrogen and oxygen atoms in total. The number of benzene rings is 2. The third-order valence-corrected chi connectivity index (χ3v) is 4.45. The first-order valence-electron chi connectivity index (χ1n) is 6.70. The number of alkyl halides is 3. The zero-order valence-electron chi connectivity index (χ0n) is 12.5. The Morgan fingerprint density at radius 3 is 2.33 bits per heavy atom. The molecule has 0 aliphatic carbocycles. The molecule has 2 rings (SSSR count). The number of hydrogen-bond acceptors (Lipinski definition) is 3. The predicted molar refractivity (Wildman–Crippen MR) is 84.4 cm³/mol. The molecule has 0 fully saturated rings. The van der Waals surface area contributed by atoms with Gasteiger partial charge in [-0.2, -0.15) is 18.4 Å². The van der Waals surface area contributed by atoms with Crippen LogP contribution in [0.25, 0.3) is 6.08 Å². The molecule has 124 valence electrons. The number of halogens is 3. The van der Waals surface area contributed by atoms with Crippen molar-refractivity contribution >= 4 is 16.9 Å². The zero-order chi connectivity index (χ0) is 17.7. The van der Waals surface area contributed by atoms with E-state index in [1.165, 1.54) is 37.4 Å². The summed E-state index contributed by atoms with van der Waals surface area (Å²) >= 11 is 0. The Labute approximate surface area is 139 Å². The van der Waals surface area contributed by atoms with E-state index in [1.54, 1.807) is 18.2 Å². The summed E-state index contributed by atoms with van der Waals surface area (Å²) in [7, 11) is -0.417. The van der Waals surface area contributed by atoms with Crippen LogP contribution in [0.5, 0.6) is 5.75 Å². The SMILES string of the molecule is COc1ccc(S(=O)/C(C#N)=C/c2ccccc2C(F)(F)F)cc1. The molecular formula is C17H12F3NO2S. The maximum atomic E-state index is 13.0. The van der Waals surface area contributed by atoms with Crippen molar-refractivity contribution in [2.24, 2.45) is 0 Å². The van der Waals surface area contributed by atoms with E-state index in [-0.39, 0.29) is 10.5 Å². The largest absolute Gasteiger partial charge is 0.497 e. The number of nitrogens with zero attached hydrogens (tertiary/aromatic N) is 1. The minimum absolute atomic E-state index is 0.205. The first-order chi connectivity index (χ1) is 11.4. The number of methoxy groups -OCH3 is 1. The van der Waals surface area contributed by atoms with E-state index in [2.05, 4.69) is 0 Å². The van der Waals surface area contributed by atoms with Crippen LogP contribution in [0, 0.1) is 11.3 Å². The van der Waals surface area contributed by atoms with E-state index >= 15 is 0 Å². The molecule has 0 aliphatic heterocycles. The molecule has 0 spiro atoms. The van der Waals surface area contributed by atoms with Gasteiger partial charge in [-0.1, -0.05) is 18.2 Å². The van der Waals surface area contributed by atoms with Gasteiger partial charge in [0.25, 0.3) is 0 Å². The Balaban J connectivity index is 2.43. The lowest BCUT2D eigenvalue weighted by atomic mass is 10.1. The number of rotatable bonds is 4. The van der Waals surface area contributed by atoms with Crippen molar-refractivity contribution < 1.29 is 22.1 Å². The topological polar surface area (TPSA) is 50.1 Å². The smallest absolute Gasteiger partial charge is 0.416 e. The average molecular weight is 351 g/mol. The number of nitriles is 1.